The quantitative estimate of drug-likeness (QED) is 0.384. The van der Waals surface area contributed by atoms with E-state index >= 15 is 0 Å². The molecule has 0 atom stereocenters. The third-order valence-corrected chi connectivity index (χ3v) is 4.19. The Hall–Kier alpha value is -1.75. The van der Waals surface area contributed by atoms with Gasteiger partial charge in [0.05, 0.1) is 13.2 Å². The molecule has 1 heterocycles. The Morgan fingerprint density at radius 1 is 0.920 bits per heavy atom. The Morgan fingerprint density at radius 3 is 2.28 bits per heavy atom. The first-order valence-corrected chi connectivity index (χ1v) is 9.35. The molecular formula is C20H30O5. The second-order valence-electron chi connectivity index (χ2n) is 6.41. The number of ether oxygens (including phenoxy) is 4. The summed E-state index contributed by atoms with van der Waals surface area (Å²) in [7, 11) is 0. The van der Waals surface area contributed by atoms with Gasteiger partial charge >= 0.3 is 5.97 Å². The van der Waals surface area contributed by atoms with Gasteiger partial charge in [0.15, 0.2) is 11.5 Å². The van der Waals surface area contributed by atoms with E-state index in [1.54, 1.807) is 0 Å². The van der Waals surface area contributed by atoms with Gasteiger partial charge in [0.25, 0.3) is 0 Å². The number of carbonyl (C=O) groups excluding carboxylic acids is 1. The van der Waals surface area contributed by atoms with E-state index in [9.17, 15) is 4.79 Å². The van der Waals surface area contributed by atoms with Crippen LogP contribution in [0, 0.1) is 0 Å². The summed E-state index contributed by atoms with van der Waals surface area (Å²) < 4.78 is 21.3. The fraction of sp³-hybridized carbons (Fsp3) is 0.650. The van der Waals surface area contributed by atoms with E-state index in [1.165, 1.54) is 39.0 Å². The van der Waals surface area contributed by atoms with Gasteiger partial charge in [-0.2, -0.15) is 0 Å². The third-order valence-electron chi connectivity index (χ3n) is 4.19. The molecule has 5 heteroatoms. The molecule has 0 radical (unpaired) electrons. The van der Waals surface area contributed by atoms with Crippen molar-refractivity contribution in [2.75, 3.05) is 20.0 Å². The lowest BCUT2D eigenvalue weighted by Gasteiger charge is -2.06. The average molecular weight is 350 g/mol. The molecule has 0 spiro atoms. The van der Waals surface area contributed by atoms with Crippen molar-refractivity contribution in [1.29, 1.82) is 0 Å². The van der Waals surface area contributed by atoms with Crippen molar-refractivity contribution in [2.45, 2.75) is 64.9 Å². The van der Waals surface area contributed by atoms with Gasteiger partial charge in [-0.15, -0.1) is 0 Å². The zero-order chi connectivity index (χ0) is 17.7. The molecule has 0 fully saturated rings. The second kappa shape index (κ2) is 11.7. The van der Waals surface area contributed by atoms with Crippen molar-refractivity contribution in [2.24, 2.45) is 0 Å². The lowest BCUT2D eigenvalue weighted by atomic mass is 10.1. The molecule has 1 aliphatic heterocycles. The molecule has 0 aromatic heterocycles. The molecule has 0 N–H and O–H groups in total. The number of hydrogen-bond acceptors (Lipinski definition) is 5. The number of hydrogen-bond donors (Lipinski definition) is 0. The third kappa shape index (κ3) is 8.25. The lowest BCUT2D eigenvalue weighted by molar-refractivity contribution is -0.141. The summed E-state index contributed by atoms with van der Waals surface area (Å²) in [5.41, 5.74) is 1.12. The van der Waals surface area contributed by atoms with Crippen molar-refractivity contribution in [1.82, 2.24) is 0 Å². The average Bonchev–Trinajstić information content (AvgIpc) is 3.06. The topological polar surface area (TPSA) is 54.0 Å². The fourth-order valence-electron chi connectivity index (χ4n) is 2.80. The molecule has 2 rings (SSSR count). The maximum atomic E-state index is 10.6. The van der Waals surface area contributed by atoms with Gasteiger partial charge in [0.2, 0.25) is 6.79 Å². The van der Waals surface area contributed by atoms with Gasteiger partial charge in [-0.3, -0.25) is 4.79 Å². The highest BCUT2D eigenvalue weighted by Crippen LogP contribution is 2.32. The highest BCUT2D eigenvalue weighted by Gasteiger charge is 2.12. The first-order valence-electron chi connectivity index (χ1n) is 9.35. The predicted octanol–water partition coefficient (Wildman–Crippen LogP) is 4.62. The Morgan fingerprint density at radius 2 is 1.56 bits per heavy atom. The zero-order valence-corrected chi connectivity index (χ0v) is 15.3. The van der Waals surface area contributed by atoms with Gasteiger partial charge in [-0.25, -0.2) is 0 Å². The number of unbranched alkanes of at least 4 members (excludes halogenated alkanes) is 7. The first kappa shape index (κ1) is 19.6. The van der Waals surface area contributed by atoms with Crippen LogP contribution < -0.4 is 9.47 Å². The van der Waals surface area contributed by atoms with Gasteiger partial charge in [-0.1, -0.05) is 44.6 Å². The van der Waals surface area contributed by atoms with Crippen molar-refractivity contribution < 1.29 is 23.7 Å². The smallest absolute Gasteiger partial charge is 0.302 e. The number of rotatable bonds is 13. The van der Waals surface area contributed by atoms with Gasteiger partial charge in [-0.05, 0) is 30.5 Å². The zero-order valence-electron chi connectivity index (χ0n) is 15.3. The van der Waals surface area contributed by atoms with Crippen LogP contribution in [-0.4, -0.2) is 26.0 Å². The van der Waals surface area contributed by atoms with Crippen LogP contribution in [0.5, 0.6) is 11.5 Å². The first-order chi connectivity index (χ1) is 12.3. The van der Waals surface area contributed by atoms with Crippen molar-refractivity contribution in [3.63, 3.8) is 0 Å². The molecule has 0 bridgehead atoms. The maximum Gasteiger partial charge on any atom is 0.302 e. The number of esters is 1. The van der Waals surface area contributed by atoms with E-state index in [2.05, 4.69) is 0 Å². The summed E-state index contributed by atoms with van der Waals surface area (Å²) in [4.78, 5) is 10.6. The minimum atomic E-state index is -0.180. The summed E-state index contributed by atoms with van der Waals surface area (Å²) in [6.07, 6.45) is 9.47. The summed E-state index contributed by atoms with van der Waals surface area (Å²) in [5, 5.41) is 0. The number of fused-ring (bicyclic) bond motifs is 1. The Balaban J connectivity index is 1.36. The predicted molar refractivity (Wildman–Crippen MR) is 95.8 cm³/mol. The number of carbonyl (C=O) groups is 1. The van der Waals surface area contributed by atoms with E-state index in [4.69, 9.17) is 18.9 Å². The van der Waals surface area contributed by atoms with Crippen LogP contribution in [0.2, 0.25) is 0 Å². The van der Waals surface area contributed by atoms with Crippen molar-refractivity contribution in [3.8, 4) is 11.5 Å². The minimum Gasteiger partial charge on any atom is -0.466 e. The van der Waals surface area contributed by atoms with E-state index in [1.807, 2.05) is 18.2 Å². The maximum absolute atomic E-state index is 10.6. The van der Waals surface area contributed by atoms with Crippen molar-refractivity contribution in [3.05, 3.63) is 23.8 Å². The summed E-state index contributed by atoms with van der Waals surface area (Å²) in [5.74, 6) is 1.45. The SMILES string of the molecule is CC(=O)OCCCCCCCCCCOCc1ccc2c(c1)OCO2. The highest BCUT2D eigenvalue weighted by molar-refractivity contribution is 5.65. The molecule has 1 aliphatic rings. The summed E-state index contributed by atoms with van der Waals surface area (Å²) >= 11 is 0. The fourth-order valence-corrected chi connectivity index (χ4v) is 2.80. The Bertz CT molecular complexity index is 515. The van der Waals surface area contributed by atoms with E-state index in [-0.39, 0.29) is 5.97 Å². The second-order valence-corrected chi connectivity index (χ2v) is 6.41. The normalized spacial score (nSPS) is 12.4. The number of benzene rings is 1. The van der Waals surface area contributed by atoms with Crippen LogP contribution >= 0.6 is 0 Å². The Labute approximate surface area is 150 Å². The summed E-state index contributed by atoms with van der Waals surface area (Å²) in [6, 6.07) is 5.95. The summed E-state index contributed by atoms with van der Waals surface area (Å²) in [6.45, 7) is 3.76. The van der Waals surface area contributed by atoms with Crippen LogP contribution in [0.3, 0.4) is 0 Å². The standard InChI is InChI=1S/C20H30O5/c1-17(21)23-13-9-7-5-3-2-4-6-8-12-22-15-18-10-11-19-20(14-18)25-16-24-19/h10-11,14H,2-9,12-13,15-16H2,1H3. The molecule has 0 aliphatic carbocycles. The molecule has 0 amide bonds. The molecule has 0 unspecified atom stereocenters. The molecular weight excluding hydrogens is 320 g/mol. The van der Waals surface area contributed by atoms with Crippen LogP contribution in [0.15, 0.2) is 18.2 Å². The molecule has 0 saturated heterocycles. The van der Waals surface area contributed by atoms with E-state index in [0.717, 1.165) is 42.9 Å². The molecule has 1 aromatic carbocycles. The Kier molecular flexibility index (Phi) is 9.19. The minimum absolute atomic E-state index is 0.180. The lowest BCUT2D eigenvalue weighted by Crippen LogP contribution is -2.00. The van der Waals surface area contributed by atoms with E-state index in [0.29, 0.717) is 20.0 Å². The van der Waals surface area contributed by atoms with E-state index < -0.39 is 0 Å². The van der Waals surface area contributed by atoms with Crippen molar-refractivity contribution >= 4 is 5.97 Å². The molecule has 140 valence electrons. The monoisotopic (exact) mass is 350 g/mol. The van der Waals surface area contributed by atoms with Crippen LogP contribution in [-0.2, 0) is 20.9 Å². The van der Waals surface area contributed by atoms with Crippen LogP contribution in [0.1, 0.15) is 63.9 Å². The molecule has 5 nitrogen and oxygen atoms in total. The van der Waals surface area contributed by atoms with Gasteiger partial charge in [0.1, 0.15) is 0 Å². The van der Waals surface area contributed by atoms with Crippen LogP contribution in [0.25, 0.3) is 0 Å². The molecule has 0 saturated carbocycles. The largest absolute Gasteiger partial charge is 0.466 e. The highest BCUT2D eigenvalue weighted by atomic mass is 16.7. The molecule has 25 heavy (non-hydrogen) atoms. The van der Waals surface area contributed by atoms with Crippen LogP contribution in [0.4, 0.5) is 0 Å². The van der Waals surface area contributed by atoms with Gasteiger partial charge < -0.3 is 18.9 Å². The molecule has 1 aromatic rings. The van der Waals surface area contributed by atoms with Gasteiger partial charge in [0, 0.05) is 13.5 Å².